The zero-order chi connectivity index (χ0) is 14.1. The number of anilines is 1. The van der Waals surface area contributed by atoms with Crippen LogP contribution in [0.25, 0.3) is 4.96 Å². The quantitative estimate of drug-likeness (QED) is 0.591. The lowest BCUT2D eigenvalue weighted by Crippen LogP contribution is -2.05. The molecule has 0 unspecified atom stereocenters. The molecule has 0 fully saturated rings. The number of nitro benzene ring substituents is 1. The number of hydrogen-bond donors (Lipinski definition) is 1. The zero-order valence-corrected chi connectivity index (χ0v) is 11.6. The van der Waals surface area contributed by atoms with Crippen LogP contribution in [0.5, 0.6) is 0 Å². The Balaban J connectivity index is 1.88. The van der Waals surface area contributed by atoms with Gasteiger partial charge >= 0.3 is 0 Å². The standard InChI is InChI=1S/C13H12N4O2S/c1-9-12(16-6-7-20-13(16)15-9)8-14-10-4-2-3-5-11(10)17(18)19/h2-7,14H,8H2,1H3. The lowest BCUT2D eigenvalue weighted by molar-refractivity contribution is -0.384. The number of hydrogen-bond acceptors (Lipinski definition) is 5. The summed E-state index contributed by atoms with van der Waals surface area (Å²) in [5.74, 6) is 0. The van der Waals surface area contributed by atoms with Gasteiger partial charge in [0.25, 0.3) is 5.69 Å². The zero-order valence-electron chi connectivity index (χ0n) is 10.7. The third kappa shape index (κ3) is 2.12. The monoisotopic (exact) mass is 288 g/mol. The molecule has 0 aliphatic carbocycles. The van der Waals surface area contributed by atoms with Gasteiger partial charge in [0.2, 0.25) is 0 Å². The molecule has 20 heavy (non-hydrogen) atoms. The van der Waals surface area contributed by atoms with Crippen molar-refractivity contribution in [2.24, 2.45) is 0 Å². The summed E-state index contributed by atoms with van der Waals surface area (Å²) in [7, 11) is 0. The van der Waals surface area contributed by atoms with E-state index < -0.39 is 0 Å². The van der Waals surface area contributed by atoms with Crippen molar-refractivity contribution in [2.75, 3.05) is 5.32 Å². The number of imidazole rings is 1. The summed E-state index contributed by atoms with van der Waals surface area (Å²) in [6.45, 7) is 2.44. The minimum Gasteiger partial charge on any atom is -0.374 e. The summed E-state index contributed by atoms with van der Waals surface area (Å²) in [6, 6.07) is 6.63. The highest BCUT2D eigenvalue weighted by Crippen LogP contribution is 2.24. The van der Waals surface area contributed by atoms with Crippen LogP contribution in [0.15, 0.2) is 35.8 Å². The number of para-hydroxylation sites is 2. The van der Waals surface area contributed by atoms with E-state index in [1.165, 1.54) is 6.07 Å². The molecule has 0 amide bonds. The van der Waals surface area contributed by atoms with E-state index in [-0.39, 0.29) is 10.6 Å². The fourth-order valence-corrected chi connectivity index (χ4v) is 2.89. The molecule has 0 bridgehead atoms. The largest absolute Gasteiger partial charge is 0.374 e. The van der Waals surface area contributed by atoms with Crippen molar-refractivity contribution in [1.29, 1.82) is 0 Å². The van der Waals surface area contributed by atoms with Crippen LogP contribution in [-0.2, 0) is 6.54 Å². The van der Waals surface area contributed by atoms with Crippen molar-refractivity contribution in [3.05, 3.63) is 57.3 Å². The first-order valence-electron chi connectivity index (χ1n) is 6.05. The molecule has 1 N–H and O–H groups in total. The minimum absolute atomic E-state index is 0.0798. The topological polar surface area (TPSA) is 72.5 Å². The van der Waals surface area contributed by atoms with Crippen molar-refractivity contribution >= 4 is 27.7 Å². The molecule has 1 aromatic carbocycles. The van der Waals surface area contributed by atoms with Gasteiger partial charge in [0, 0.05) is 17.6 Å². The van der Waals surface area contributed by atoms with Gasteiger partial charge in [-0.3, -0.25) is 14.5 Å². The van der Waals surface area contributed by atoms with Gasteiger partial charge in [0.05, 0.1) is 22.9 Å². The Labute approximate surface area is 118 Å². The maximum Gasteiger partial charge on any atom is 0.292 e. The molecule has 102 valence electrons. The van der Waals surface area contributed by atoms with Crippen molar-refractivity contribution in [1.82, 2.24) is 9.38 Å². The summed E-state index contributed by atoms with van der Waals surface area (Å²) in [6.07, 6.45) is 1.95. The van der Waals surface area contributed by atoms with Gasteiger partial charge in [-0.25, -0.2) is 4.98 Å². The maximum atomic E-state index is 11.0. The Hall–Kier alpha value is -2.41. The number of benzene rings is 1. The molecular formula is C13H12N4O2S. The number of nitrogens with one attached hydrogen (secondary N) is 1. The van der Waals surface area contributed by atoms with Gasteiger partial charge in [-0.05, 0) is 13.0 Å². The van der Waals surface area contributed by atoms with E-state index in [0.717, 1.165) is 16.3 Å². The lowest BCUT2D eigenvalue weighted by atomic mass is 10.2. The van der Waals surface area contributed by atoms with Gasteiger partial charge in [0.15, 0.2) is 4.96 Å². The highest BCUT2D eigenvalue weighted by Gasteiger charge is 2.14. The highest BCUT2D eigenvalue weighted by atomic mass is 32.1. The number of nitro groups is 1. The smallest absolute Gasteiger partial charge is 0.292 e. The Morgan fingerprint density at radius 2 is 2.25 bits per heavy atom. The Morgan fingerprint density at radius 1 is 1.45 bits per heavy atom. The van der Waals surface area contributed by atoms with Crippen LogP contribution < -0.4 is 5.32 Å². The van der Waals surface area contributed by atoms with Crippen LogP contribution in [0.1, 0.15) is 11.4 Å². The van der Waals surface area contributed by atoms with Crippen molar-refractivity contribution < 1.29 is 4.92 Å². The third-order valence-corrected chi connectivity index (χ3v) is 3.86. The molecule has 0 saturated heterocycles. The van der Waals surface area contributed by atoms with Crippen LogP contribution in [-0.4, -0.2) is 14.3 Å². The van der Waals surface area contributed by atoms with Crippen LogP contribution in [0, 0.1) is 17.0 Å². The third-order valence-electron chi connectivity index (χ3n) is 3.11. The number of aromatic nitrogens is 2. The molecule has 2 aromatic heterocycles. The molecule has 3 rings (SSSR count). The average Bonchev–Trinajstić information content (AvgIpc) is 2.97. The predicted octanol–water partition coefficient (Wildman–Crippen LogP) is 3.22. The number of aryl methyl sites for hydroxylation is 1. The number of thiazole rings is 1. The van der Waals surface area contributed by atoms with Crippen LogP contribution in [0.2, 0.25) is 0 Å². The molecule has 7 heteroatoms. The molecule has 0 radical (unpaired) electrons. The lowest BCUT2D eigenvalue weighted by Gasteiger charge is -2.07. The van der Waals surface area contributed by atoms with E-state index in [4.69, 9.17) is 0 Å². The molecule has 0 aliphatic rings. The number of fused-ring (bicyclic) bond motifs is 1. The first-order valence-corrected chi connectivity index (χ1v) is 6.93. The predicted molar refractivity (Wildman–Crippen MR) is 78.2 cm³/mol. The second-order valence-corrected chi connectivity index (χ2v) is 5.20. The molecule has 0 aliphatic heterocycles. The van der Waals surface area contributed by atoms with Crippen molar-refractivity contribution in [3.8, 4) is 0 Å². The normalized spacial score (nSPS) is 10.8. The second-order valence-electron chi connectivity index (χ2n) is 4.33. The van der Waals surface area contributed by atoms with Crippen molar-refractivity contribution in [3.63, 3.8) is 0 Å². The SMILES string of the molecule is Cc1nc2sccn2c1CNc1ccccc1[N+](=O)[O-]. The Morgan fingerprint density at radius 3 is 3.05 bits per heavy atom. The van der Waals surface area contributed by atoms with Gasteiger partial charge in [-0.15, -0.1) is 11.3 Å². The number of rotatable bonds is 4. The van der Waals surface area contributed by atoms with Gasteiger partial charge in [0.1, 0.15) is 5.69 Å². The van der Waals surface area contributed by atoms with E-state index in [1.54, 1.807) is 29.5 Å². The van der Waals surface area contributed by atoms with Gasteiger partial charge in [-0.1, -0.05) is 12.1 Å². The molecule has 0 spiro atoms. The summed E-state index contributed by atoms with van der Waals surface area (Å²) in [4.78, 5) is 16.0. The number of nitrogens with zero attached hydrogens (tertiary/aromatic N) is 3. The first kappa shape index (κ1) is 12.6. The van der Waals surface area contributed by atoms with Gasteiger partial charge < -0.3 is 5.32 Å². The summed E-state index contributed by atoms with van der Waals surface area (Å²) < 4.78 is 2.00. The van der Waals surface area contributed by atoms with E-state index in [1.807, 2.05) is 22.9 Å². The van der Waals surface area contributed by atoms with E-state index >= 15 is 0 Å². The first-order chi connectivity index (χ1) is 9.66. The molecule has 0 atom stereocenters. The molecule has 0 saturated carbocycles. The summed E-state index contributed by atoms with van der Waals surface area (Å²) >= 11 is 1.57. The Kier molecular flexibility index (Phi) is 3.11. The van der Waals surface area contributed by atoms with E-state index in [9.17, 15) is 10.1 Å². The van der Waals surface area contributed by atoms with Crippen LogP contribution >= 0.6 is 11.3 Å². The van der Waals surface area contributed by atoms with Crippen LogP contribution in [0.3, 0.4) is 0 Å². The molecular weight excluding hydrogens is 276 g/mol. The molecule has 6 nitrogen and oxygen atoms in total. The average molecular weight is 288 g/mol. The molecule has 3 aromatic rings. The van der Waals surface area contributed by atoms with Gasteiger partial charge in [-0.2, -0.15) is 0 Å². The fourth-order valence-electron chi connectivity index (χ4n) is 2.12. The Bertz CT molecular complexity index is 778. The summed E-state index contributed by atoms with van der Waals surface area (Å²) in [5, 5.41) is 16.1. The highest BCUT2D eigenvalue weighted by molar-refractivity contribution is 7.15. The second kappa shape index (κ2) is 4.93. The maximum absolute atomic E-state index is 11.0. The van der Waals surface area contributed by atoms with Crippen molar-refractivity contribution in [2.45, 2.75) is 13.5 Å². The van der Waals surface area contributed by atoms with E-state index in [0.29, 0.717) is 12.2 Å². The minimum atomic E-state index is -0.383. The molecule has 2 heterocycles. The van der Waals surface area contributed by atoms with Crippen LogP contribution in [0.4, 0.5) is 11.4 Å². The summed E-state index contributed by atoms with van der Waals surface area (Å²) in [5.41, 5.74) is 2.54. The van der Waals surface area contributed by atoms with E-state index in [2.05, 4.69) is 10.3 Å². The fraction of sp³-hybridized carbons (Fsp3) is 0.154.